The first kappa shape index (κ1) is 14.3. The van der Waals surface area contributed by atoms with E-state index >= 15 is 0 Å². The van der Waals surface area contributed by atoms with Gasteiger partial charge in [0.05, 0.1) is 0 Å². The molecule has 0 spiro atoms. The normalized spacial score (nSPS) is 11.4. The average Bonchev–Trinajstić information content (AvgIpc) is 2.38. The topological polar surface area (TPSA) is 17.1 Å². The summed E-state index contributed by atoms with van der Waals surface area (Å²) in [6, 6.07) is 15.6. The minimum absolute atomic E-state index is 0.0804. The van der Waals surface area contributed by atoms with Crippen LogP contribution in [0.25, 0.3) is 0 Å². The summed E-state index contributed by atoms with van der Waals surface area (Å²) in [5.74, 6) is 0.0804. The summed E-state index contributed by atoms with van der Waals surface area (Å²) in [5, 5.41) is 0. The zero-order chi connectivity index (χ0) is 14.0. The van der Waals surface area contributed by atoms with E-state index in [2.05, 4.69) is 43.4 Å². The molecule has 0 saturated heterocycles. The van der Waals surface area contributed by atoms with Crippen molar-refractivity contribution >= 4 is 28.4 Å². The van der Waals surface area contributed by atoms with Crippen molar-refractivity contribution in [2.24, 2.45) is 0 Å². The first-order valence-corrected chi connectivity index (χ1v) is 7.36. The quantitative estimate of drug-likeness (QED) is 0.552. The maximum atomic E-state index is 12.3. The van der Waals surface area contributed by atoms with Gasteiger partial charge in [-0.3, -0.25) is 4.79 Å². The first-order valence-electron chi connectivity index (χ1n) is 6.29. The Labute approximate surface area is 128 Å². The number of hydrogen-bond acceptors (Lipinski definition) is 1. The van der Waals surface area contributed by atoms with E-state index in [0.29, 0.717) is 0 Å². The van der Waals surface area contributed by atoms with Crippen LogP contribution in [0.15, 0.2) is 48.5 Å². The van der Waals surface area contributed by atoms with Crippen molar-refractivity contribution in [3.63, 3.8) is 0 Å². The van der Waals surface area contributed by atoms with E-state index in [1.54, 1.807) is 0 Å². The number of carbonyl (C=O) groups excluding carboxylic acids is 1. The number of ketones is 1. The molecule has 0 amide bonds. The van der Waals surface area contributed by atoms with Crippen LogP contribution in [-0.4, -0.2) is 5.78 Å². The second kappa shape index (κ2) is 5.45. The molecule has 1 nitrogen and oxygen atoms in total. The lowest BCUT2D eigenvalue weighted by Crippen LogP contribution is -2.11. The Morgan fingerprint density at radius 1 is 0.842 bits per heavy atom. The predicted octanol–water partition coefficient (Wildman–Crippen LogP) is 4.82. The summed E-state index contributed by atoms with van der Waals surface area (Å²) in [6.45, 7) is 6.51. The van der Waals surface area contributed by atoms with Gasteiger partial charge in [-0.1, -0.05) is 45.0 Å². The molecular formula is C17H17IO. The van der Waals surface area contributed by atoms with Gasteiger partial charge in [0.25, 0.3) is 0 Å². The van der Waals surface area contributed by atoms with E-state index in [4.69, 9.17) is 0 Å². The third-order valence-corrected chi connectivity index (χ3v) is 3.84. The number of rotatable bonds is 2. The van der Waals surface area contributed by atoms with Gasteiger partial charge in [0.1, 0.15) is 0 Å². The Hall–Kier alpha value is -1.16. The summed E-state index contributed by atoms with van der Waals surface area (Å²) in [5.41, 5.74) is 2.84. The van der Waals surface area contributed by atoms with Crippen molar-refractivity contribution in [2.45, 2.75) is 26.2 Å². The number of benzene rings is 2. The smallest absolute Gasteiger partial charge is 0.193 e. The van der Waals surface area contributed by atoms with E-state index in [-0.39, 0.29) is 11.2 Å². The van der Waals surface area contributed by atoms with E-state index in [0.717, 1.165) is 14.7 Å². The molecule has 0 saturated carbocycles. The number of hydrogen-bond donors (Lipinski definition) is 0. The van der Waals surface area contributed by atoms with E-state index in [9.17, 15) is 4.79 Å². The van der Waals surface area contributed by atoms with E-state index in [1.165, 1.54) is 5.56 Å². The van der Waals surface area contributed by atoms with Gasteiger partial charge in [0.15, 0.2) is 5.78 Å². The van der Waals surface area contributed by atoms with Crippen molar-refractivity contribution in [3.05, 3.63) is 68.8 Å². The summed E-state index contributed by atoms with van der Waals surface area (Å²) in [4.78, 5) is 12.3. The second-order valence-corrected chi connectivity index (χ2v) is 6.91. The highest BCUT2D eigenvalue weighted by Crippen LogP contribution is 2.23. The molecular weight excluding hydrogens is 347 g/mol. The third-order valence-electron chi connectivity index (χ3n) is 3.12. The van der Waals surface area contributed by atoms with Gasteiger partial charge in [0.2, 0.25) is 0 Å². The molecule has 98 valence electrons. The molecule has 19 heavy (non-hydrogen) atoms. The molecule has 0 unspecified atom stereocenters. The largest absolute Gasteiger partial charge is 0.289 e. The fourth-order valence-corrected chi connectivity index (χ4v) is 2.25. The van der Waals surface area contributed by atoms with Gasteiger partial charge in [0, 0.05) is 14.7 Å². The molecule has 0 N–H and O–H groups in total. The summed E-state index contributed by atoms with van der Waals surface area (Å²) in [7, 11) is 0. The maximum Gasteiger partial charge on any atom is 0.193 e. The maximum absolute atomic E-state index is 12.3. The molecule has 0 fully saturated rings. The molecule has 0 aliphatic carbocycles. The minimum Gasteiger partial charge on any atom is -0.289 e. The van der Waals surface area contributed by atoms with Gasteiger partial charge in [-0.15, -0.1) is 0 Å². The fraction of sp³-hybridized carbons (Fsp3) is 0.235. The third kappa shape index (κ3) is 3.44. The van der Waals surface area contributed by atoms with Gasteiger partial charge in [-0.2, -0.15) is 0 Å². The zero-order valence-electron chi connectivity index (χ0n) is 11.4. The number of halogens is 1. The van der Waals surface area contributed by atoms with Crippen molar-refractivity contribution < 1.29 is 4.79 Å². The molecule has 2 rings (SSSR count). The van der Waals surface area contributed by atoms with Crippen LogP contribution in [0.1, 0.15) is 42.3 Å². The van der Waals surface area contributed by atoms with Crippen LogP contribution in [-0.2, 0) is 5.41 Å². The van der Waals surface area contributed by atoms with Crippen LogP contribution in [0, 0.1) is 3.57 Å². The van der Waals surface area contributed by atoms with Crippen LogP contribution in [0.3, 0.4) is 0 Å². The van der Waals surface area contributed by atoms with E-state index < -0.39 is 0 Å². The molecule has 2 heteroatoms. The summed E-state index contributed by atoms with van der Waals surface area (Å²) < 4.78 is 1.14. The van der Waals surface area contributed by atoms with Gasteiger partial charge in [-0.25, -0.2) is 0 Å². The second-order valence-electron chi connectivity index (χ2n) is 5.66. The van der Waals surface area contributed by atoms with Crippen LogP contribution in [0.4, 0.5) is 0 Å². The monoisotopic (exact) mass is 364 g/mol. The minimum atomic E-state index is 0.0804. The summed E-state index contributed by atoms with van der Waals surface area (Å²) in [6.07, 6.45) is 0. The van der Waals surface area contributed by atoms with Crippen LogP contribution in [0.5, 0.6) is 0 Å². The average molecular weight is 364 g/mol. The van der Waals surface area contributed by atoms with Crippen molar-refractivity contribution in [1.29, 1.82) is 0 Å². The molecule has 0 radical (unpaired) electrons. The Kier molecular flexibility index (Phi) is 4.09. The SMILES string of the molecule is CC(C)(C)c1ccc(C(=O)c2ccc(I)cc2)cc1. The predicted molar refractivity (Wildman–Crippen MR) is 87.7 cm³/mol. The molecule has 2 aromatic carbocycles. The van der Waals surface area contributed by atoms with Crippen molar-refractivity contribution in [1.82, 2.24) is 0 Å². The van der Waals surface area contributed by atoms with Gasteiger partial charge in [-0.05, 0) is 57.8 Å². The highest BCUT2D eigenvalue weighted by atomic mass is 127. The highest BCUT2D eigenvalue weighted by Gasteiger charge is 2.14. The van der Waals surface area contributed by atoms with Crippen molar-refractivity contribution in [3.8, 4) is 0 Å². The fourth-order valence-electron chi connectivity index (χ4n) is 1.89. The first-order chi connectivity index (χ1) is 8.88. The molecule has 0 aliphatic rings. The Balaban J connectivity index is 2.27. The Morgan fingerprint density at radius 2 is 1.26 bits per heavy atom. The molecule has 0 aliphatic heterocycles. The lowest BCUT2D eigenvalue weighted by Gasteiger charge is -2.19. The molecule has 0 heterocycles. The van der Waals surface area contributed by atoms with Crippen LogP contribution in [0.2, 0.25) is 0 Å². The molecule has 0 atom stereocenters. The lowest BCUT2D eigenvalue weighted by molar-refractivity contribution is 0.103. The highest BCUT2D eigenvalue weighted by molar-refractivity contribution is 14.1. The van der Waals surface area contributed by atoms with Crippen LogP contribution >= 0.6 is 22.6 Å². The number of carbonyl (C=O) groups is 1. The molecule has 2 aromatic rings. The molecule has 0 bridgehead atoms. The summed E-state index contributed by atoms with van der Waals surface area (Å²) >= 11 is 2.24. The van der Waals surface area contributed by atoms with Gasteiger partial charge >= 0.3 is 0 Å². The van der Waals surface area contributed by atoms with E-state index in [1.807, 2.05) is 48.5 Å². The van der Waals surface area contributed by atoms with Gasteiger partial charge < -0.3 is 0 Å². The molecule has 0 aromatic heterocycles. The standard InChI is InChI=1S/C17H17IO/c1-17(2,3)14-8-4-12(5-9-14)16(19)13-6-10-15(18)11-7-13/h4-11H,1-3H3. The van der Waals surface area contributed by atoms with Crippen molar-refractivity contribution in [2.75, 3.05) is 0 Å². The Bertz CT molecular complexity index is 574. The van der Waals surface area contributed by atoms with Crippen LogP contribution < -0.4 is 0 Å². The zero-order valence-corrected chi connectivity index (χ0v) is 13.6. The lowest BCUT2D eigenvalue weighted by atomic mass is 9.86. The Morgan fingerprint density at radius 3 is 1.68 bits per heavy atom.